The summed E-state index contributed by atoms with van der Waals surface area (Å²) in [6.07, 6.45) is 3.75. The summed E-state index contributed by atoms with van der Waals surface area (Å²) in [5.74, 6) is -0.500. The minimum absolute atomic E-state index is 0.136. The van der Waals surface area contributed by atoms with Gasteiger partial charge in [0.15, 0.2) is 0 Å². The molecular formula is C20H18N2O2. The molecular weight excluding hydrogens is 300 g/mol. The fourth-order valence-electron chi connectivity index (χ4n) is 2.67. The third-order valence-electron chi connectivity index (χ3n) is 3.65. The van der Waals surface area contributed by atoms with Gasteiger partial charge in [-0.3, -0.25) is 9.59 Å². The monoisotopic (exact) mass is 318 g/mol. The normalized spacial score (nSPS) is 12.3. The molecule has 0 radical (unpaired) electrons. The molecule has 0 bridgehead atoms. The summed E-state index contributed by atoms with van der Waals surface area (Å²) in [6, 6.07) is 6.81. The van der Waals surface area contributed by atoms with Crippen LogP contribution >= 0.6 is 0 Å². The predicted molar refractivity (Wildman–Crippen MR) is 94.0 cm³/mol. The molecule has 1 aliphatic rings. The van der Waals surface area contributed by atoms with Crippen LogP contribution < -0.4 is 0 Å². The van der Waals surface area contributed by atoms with Crippen molar-refractivity contribution in [2.24, 2.45) is 0 Å². The highest BCUT2D eigenvalue weighted by molar-refractivity contribution is 6.27. The lowest BCUT2D eigenvalue weighted by Gasteiger charge is -2.17. The van der Waals surface area contributed by atoms with Gasteiger partial charge in [-0.25, -0.2) is 9.97 Å². The molecule has 0 unspecified atom stereocenters. The van der Waals surface area contributed by atoms with Crippen molar-refractivity contribution in [1.82, 2.24) is 9.97 Å². The molecule has 4 heteroatoms. The van der Waals surface area contributed by atoms with E-state index in [4.69, 9.17) is 0 Å². The molecule has 1 aromatic carbocycles. The van der Waals surface area contributed by atoms with Gasteiger partial charge in [-0.15, -0.1) is 0 Å². The first kappa shape index (κ1) is 16.0. The molecule has 0 saturated heterocycles. The van der Waals surface area contributed by atoms with Crippen molar-refractivity contribution < 1.29 is 9.59 Å². The number of benzene rings is 1. The second-order valence-corrected chi connectivity index (χ2v) is 6.34. The summed E-state index contributed by atoms with van der Waals surface area (Å²) in [4.78, 5) is 34.4. The number of fused-ring (bicyclic) bond motifs is 2. The molecule has 120 valence electrons. The molecule has 1 heterocycles. The molecule has 0 N–H and O–H groups in total. The molecule has 0 amide bonds. The maximum atomic E-state index is 12.7. The van der Waals surface area contributed by atoms with Crippen LogP contribution in [-0.2, 0) is 0 Å². The van der Waals surface area contributed by atoms with Crippen LogP contribution in [0.4, 0.5) is 0 Å². The first-order valence-corrected chi connectivity index (χ1v) is 7.78. The molecule has 2 aromatic rings. The fraction of sp³-hybridized carbons (Fsp3) is 0.200. The molecule has 4 nitrogen and oxygen atoms in total. The summed E-state index contributed by atoms with van der Waals surface area (Å²) in [6.45, 7) is 7.82. The van der Waals surface area contributed by atoms with E-state index in [1.54, 1.807) is 24.3 Å². The van der Waals surface area contributed by atoms with Crippen LogP contribution in [0, 0.1) is 0 Å². The number of aromatic nitrogens is 2. The highest BCUT2D eigenvalue weighted by atomic mass is 16.1. The zero-order chi connectivity index (χ0) is 17.4. The Balaban J connectivity index is 2.29. The van der Waals surface area contributed by atoms with Crippen LogP contribution in [-0.4, -0.2) is 21.5 Å². The molecule has 0 fully saturated rings. The van der Waals surface area contributed by atoms with E-state index in [1.807, 2.05) is 39.8 Å². The lowest BCUT2D eigenvalue weighted by atomic mass is 9.89. The lowest BCUT2D eigenvalue weighted by molar-refractivity contribution is 0.0971. The van der Waals surface area contributed by atoms with Gasteiger partial charge in [0.1, 0.15) is 11.4 Å². The topological polar surface area (TPSA) is 59.9 Å². The number of nitrogens with zero attached hydrogens (tertiary/aromatic N) is 2. The second-order valence-electron chi connectivity index (χ2n) is 6.34. The standard InChI is InChI=1S/C20H18N2O2/c1-11(2)9-15-16(10-12(3)4)22-18-17(21-15)19(23)13-7-5-6-8-14(13)20(18)24/h5-10H,1-4H3. The summed E-state index contributed by atoms with van der Waals surface area (Å²) < 4.78 is 0. The minimum atomic E-state index is -0.250. The van der Waals surface area contributed by atoms with Crippen LogP contribution in [0.5, 0.6) is 0 Å². The maximum Gasteiger partial charge on any atom is 0.214 e. The van der Waals surface area contributed by atoms with E-state index in [9.17, 15) is 9.59 Å². The highest BCUT2D eigenvalue weighted by Gasteiger charge is 2.32. The third-order valence-corrected chi connectivity index (χ3v) is 3.65. The molecule has 0 aliphatic heterocycles. The first-order valence-electron chi connectivity index (χ1n) is 7.78. The van der Waals surface area contributed by atoms with Gasteiger partial charge in [-0.1, -0.05) is 35.4 Å². The smallest absolute Gasteiger partial charge is 0.214 e. The summed E-state index contributed by atoms with van der Waals surface area (Å²) in [5.41, 5.74) is 4.36. The van der Waals surface area contributed by atoms with E-state index in [2.05, 4.69) is 9.97 Å². The Morgan fingerprint density at radius 2 is 1.12 bits per heavy atom. The van der Waals surface area contributed by atoms with Gasteiger partial charge in [0.2, 0.25) is 11.6 Å². The Labute approximate surface area is 141 Å². The number of carbonyl (C=O) groups excluding carboxylic acids is 2. The van der Waals surface area contributed by atoms with Crippen LogP contribution in [0.2, 0.25) is 0 Å². The second kappa shape index (κ2) is 5.96. The molecule has 0 saturated carbocycles. The van der Waals surface area contributed by atoms with Gasteiger partial charge in [-0.05, 0) is 39.8 Å². The minimum Gasteiger partial charge on any atom is -0.287 e. The SMILES string of the molecule is CC(C)=Cc1nc2c(nc1C=C(C)C)C(=O)c1ccccc1C2=O. The van der Waals surface area contributed by atoms with E-state index in [1.165, 1.54) is 0 Å². The van der Waals surface area contributed by atoms with Gasteiger partial charge < -0.3 is 0 Å². The van der Waals surface area contributed by atoms with Crippen molar-refractivity contribution >= 4 is 23.7 Å². The number of allylic oxidation sites excluding steroid dienone is 2. The van der Waals surface area contributed by atoms with Crippen molar-refractivity contribution in [3.63, 3.8) is 0 Å². The van der Waals surface area contributed by atoms with Crippen molar-refractivity contribution in [1.29, 1.82) is 0 Å². The van der Waals surface area contributed by atoms with Gasteiger partial charge >= 0.3 is 0 Å². The van der Waals surface area contributed by atoms with Crippen molar-refractivity contribution in [3.8, 4) is 0 Å². The van der Waals surface area contributed by atoms with E-state index in [-0.39, 0.29) is 23.0 Å². The molecule has 0 atom stereocenters. The van der Waals surface area contributed by atoms with Gasteiger partial charge in [-0.2, -0.15) is 0 Å². The van der Waals surface area contributed by atoms with E-state index in [0.29, 0.717) is 22.5 Å². The molecule has 24 heavy (non-hydrogen) atoms. The number of hydrogen-bond acceptors (Lipinski definition) is 4. The van der Waals surface area contributed by atoms with Gasteiger partial charge in [0.05, 0.1) is 11.4 Å². The Bertz CT molecular complexity index is 853. The van der Waals surface area contributed by atoms with Crippen molar-refractivity contribution in [2.45, 2.75) is 27.7 Å². The van der Waals surface area contributed by atoms with Crippen molar-refractivity contribution in [2.75, 3.05) is 0 Å². The zero-order valence-electron chi connectivity index (χ0n) is 14.2. The molecule has 3 rings (SSSR count). The van der Waals surface area contributed by atoms with Gasteiger partial charge in [0, 0.05) is 11.1 Å². The van der Waals surface area contributed by atoms with E-state index < -0.39 is 0 Å². The quantitative estimate of drug-likeness (QED) is 0.714. The average molecular weight is 318 g/mol. The number of carbonyl (C=O) groups is 2. The maximum absolute atomic E-state index is 12.7. The Morgan fingerprint density at radius 1 is 0.750 bits per heavy atom. The Hall–Kier alpha value is -2.88. The molecule has 1 aliphatic carbocycles. The van der Waals surface area contributed by atoms with Crippen LogP contribution in [0.15, 0.2) is 35.4 Å². The van der Waals surface area contributed by atoms with Crippen LogP contribution in [0.1, 0.15) is 71.2 Å². The third kappa shape index (κ3) is 2.71. The van der Waals surface area contributed by atoms with Crippen LogP contribution in [0.25, 0.3) is 12.2 Å². The molecule has 1 aromatic heterocycles. The number of hydrogen-bond donors (Lipinski definition) is 0. The Morgan fingerprint density at radius 3 is 1.46 bits per heavy atom. The predicted octanol–water partition coefficient (Wildman–Crippen LogP) is 4.10. The van der Waals surface area contributed by atoms with E-state index >= 15 is 0 Å². The fourth-order valence-corrected chi connectivity index (χ4v) is 2.67. The highest BCUT2D eigenvalue weighted by Crippen LogP contribution is 2.27. The summed E-state index contributed by atoms with van der Waals surface area (Å²) in [5, 5.41) is 0. The lowest BCUT2D eigenvalue weighted by Crippen LogP contribution is -2.24. The van der Waals surface area contributed by atoms with E-state index in [0.717, 1.165) is 11.1 Å². The summed E-state index contributed by atoms with van der Waals surface area (Å²) >= 11 is 0. The van der Waals surface area contributed by atoms with Gasteiger partial charge in [0.25, 0.3) is 0 Å². The van der Waals surface area contributed by atoms with Crippen LogP contribution in [0.3, 0.4) is 0 Å². The zero-order valence-corrected chi connectivity index (χ0v) is 14.2. The number of rotatable bonds is 2. The average Bonchev–Trinajstić information content (AvgIpc) is 2.53. The molecule has 0 spiro atoms. The summed E-state index contributed by atoms with van der Waals surface area (Å²) in [7, 11) is 0. The largest absolute Gasteiger partial charge is 0.287 e. The number of ketones is 2. The Kier molecular flexibility index (Phi) is 3.97. The first-order chi connectivity index (χ1) is 11.4. The van der Waals surface area contributed by atoms with Crippen molar-refractivity contribution in [3.05, 3.63) is 69.3 Å².